The predicted octanol–water partition coefficient (Wildman–Crippen LogP) is 4.78. The number of piperidine rings is 1. The van der Waals surface area contributed by atoms with Crippen LogP contribution in [0.3, 0.4) is 0 Å². The Hall–Kier alpha value is -3.18. The Labute approximate surface area is 230 Å². The predicted molar refractivity (Wildman–Crippen MR) is 151 cm³/mol. The van der Waals surface area contributed by atoms with Gasteiger partial charge in [0.05, 0.1) is 17.3 Å². The van der Waals surface area contributed by atoms with Gasteiger partial charge < -0.3 is 15.0 Å². The van der Waals surface area contributed by atoms with Crippen LogP contribution in [-0.4, -0.2) is 60.2 Å². The van der Waals surface area contributed by atoms with Gasteiger partial charge in [-0.15, -0.1) is 0 Å². The molecule has 38 heavy (non-hydrogen) atoms. The minimum atomic E-state index is -0.311. The number of piperazine rings is 1. The lowest BCUT2D eigenvalue weighted by molar-refractivity contribution is 0.153. The Morgan fingerprint density at radius 2 is 1.76 bits per heavy atom. The summed E-state index contributed by atoms with van der Waals surface area (Å²) in [5.74, 6) is 1.57. The second kappa shape index (κ2) is 11.7. The van der Waals surface area contributed by atoms with Gasteiger partial charge in [-0.2, -0.15) is 5.26 Å². The third kappa shape index (κ3) is 6.10. The highest BCUT2D eigenvalue weighted by Gasteiger charge is 2.26. The van der Waals surface area contributed by atoms with E-state index >= 15 is 0 Å². The van der Waals surface area contributed by atoms with E-state index in [9.17, 15) is 5.26 Å². The molecule has 1 N–H and O–H groups in total. The second-order valence-corrected chi connectivity index (χ2v) is 11.1. The molecule has 0 atom stereocenters. The molecule has 0 amide bonds. The normalized spacial score (nSPS) is 17.3. The van der Waals surface area contributed by atoms with E-state index in [-0.39, 0.29) is 5.41 Å². The van der Waals surface area contributed by atoms with Gasteiger partial charge in [0.25, 0.3) is 0 Å². The molecule has 3 heterocycles. The fourth-order valence-corrected chi connectivity index (χ4v) is 5.62. The molecule has 3 aromatic rings. The molecule has 0 bridgehead atoms. The van der Waals surface area contributed by atoms with Gasteiger partial charge in [-0.1, -0.05) is 37.6 Å². The molecule has 0 saturated carbocycles. The third-order valence-electron chi connectivity index (χ3n) is 7.83. The number of anilines is 1. The first-order valence-corrected chi connectivity index (χ1v) is 13.8. The molecule has 2 aromatic carbocycles. The quantitative estimate of drug-likeness (QED) is 0.471. The zero-order chi connectivity index (χ0) is 26.5. The summed E-state index contributed by atoms with van der Waals surface area (Å²) in [5.41, 5.74) is 3.23. The second-order valence-electron chi connectivity index (χ2n) is 10.6. The Balaban J connectivity index is 1.18. The van der Waals surface area contributed by atoms with Gasteiger partial charge in [0.2, 0.25) is 5.95 Å². The fraction of sp³-hybridized carbons (Fsp3) is 0.433. The number of hydrogen-bond donors (Lipinski definition) is 1. The first-order valence-electron chi connectivity index (χ1n) is 13.4. The van der Waals surface area contributed by atoms with E-state index < -0.39 is 0 Å². The lowest BCUT2D eigenvalue weighted by Gasteiger charge is -2.40. The summed E-state index contributed by atoms with van der Waals surface area (Å²) in [7, 11) is 0. The fourth-order valence-electron chi connectivity index (χ4n) is 5.38. The van der Waals surface area contributed by atoms with E-state index in [0.717, 1.165) is 67.8 Å². The first kappa shape index (κ1) is 26.4. The largest absolute Gasteiger partial charge is 0.487 e. The van der Waals surface area contributed by atoms with Crippen LogP contribution in [0.15, 0.2) is 54.7 Å². The van der Waals surface area contributed by atoms with Crippen LogP contribution >= 0.6 is 11.6 Å². The highest BCUT2D eigenvalue weighted by molar-refractivity contribution is 6.30. The van der Waals surface area contributed by atoms with Gasteiger partial charge in [-0.05, 0) is 73.5 Å². The number of nitriles is 1. The summed E-state index contributed by atoms with van der Waals surface area (Å²) in [6.07, 6.45) is 4.31. The van der Waals surface area contributed by atoms with Crippen LogP contribution in [-0.2, 0) is 12.0 Å². The Morgan fingerprint density at radius 3 is 2.47 bits per heavy atom. The van der Waals surface area contributed by atoms with Gasteiger partial charge in [-0.25, -0.2) is 9.97 Å². The molecule has 0 unspecified atom stereocenters. The average molecular weight is 531 g/mol. The number of hydrogen-bond acceptors (Lipinski definition) is 7. The van der Waals surface area contributed by atoms with Crippen molar-refractivity contribution in [1.82, 2.24) is 20.2 Å². The maximum atomic E-state index is 9.32. The van der Waals surface area contributed by atoms with Crippen LogP contribution in [0.25, 0.3) is 0 Å². The summed E-state index contributed by atoms with van der Waals surface area (Å²) in [4.78, 5) is 14.2. The monoisotopic (exact) mass is 530 g/mol. The number of ether oxygens (including phenoxy) is 1. The standard InChI is InChI=1S/C30H35ClN6O/c1-30(2,24-17-22(20-32)18-25(31)19-24)23-3-5-28(6-4-23)38-21-26-7-12-34-29(35-26)37-15-13-36(14-16-37)27-8-10-33-11-9-27/h3-7,12,17-19,27,33H,8-11,13-16,21H2,1-2H3. The minimum Gasteiger partial charge on any atom is -0.487 e. The van der Waals surface area contributed by atoms with Crippen molar-refractivity contribution in [2.75, 3.05) is 44.2 Å². The lowest BCUT2D eigenvalue weighted by atomic mass is 9.78. The molecule has 0 aliphatic carbocycles. The highest BCUT2D eigenvalue weighted by Crippen LogP contribution is 2.34. The SMILES string of the molecule is CC(C)(c1ccc(OCc2ccnc(N3CCN(C4CCNCC4)CC3)n2)cc1)c1cc(Cl)cc(C#N)c1. The number of aromatic nitrogens is 2. The summed E-state index contributed by atoms with van der Waals surface area (Å²) < 4.78 is 6.07. The van der Waals surface area contributed by atoms with Gasteiger partial charge in [0.1, 0.15) is 12.4 Å². The molecule has 5 rings (SSSR count). The maximum Gasteiger partial charge on any atom is 0.225 e. The van der Waals surface area contributed by atoms with E-state index in [4.69, 9.17) is 21.3 Å². The van der Waals surface area contributed by atoms with Crippen molar-refractivity contribution in [3.63, 3.8) is 0 Å². The van der Waals surface area contributed by atoms with Gasteiger partial charge in [-0.3, -0.25) is 4.90 Å². The van der Waals surface area contributed by atoms with Crippen molar-refractivity contribution < 1.29 is 4.74 Å². The van der Waals surface area contributed by atoms with Crippen molar-refractivity contribution in [3.8, 4) is 11.8 Å². The number of benzene rings is 2. The Bertz CT molecular complexity index is 1270. The van der Waals surface area contributed by atoms with Crippen molar-refractivity contribution in [2.45, 2.75) is 44.8 Å². The summed E-state index contributed by atoms with van der Waals surface area (Å²) >= 11 is 6.26. The number of halogens is 1. The number of nitrogens with one attached hydrogen (secondary N) is 1. The molecule has 2 fully saturated rings. The van der Waals surface area contributed by atoms with Crippen LogP contribution in [0, 0.1) is 11.3 Å². The van der Waals surface area contributed by atoms with Gasteiger partial charge in [0.15, 0.2) is 0 Å². The zero-order valence-electron chi connectivity index (χ0n) is 22.2. The van der Waals surface area contributed by atoms with Crippen molar-refractivity contribution >= 4 is 17.5 Å². The summed E-state index contributed by atoms with van der Waals surface area (Å²) in [6.45, 7) is 10.9. The molecule has 7 nitrogen and oxygen atoms in total. The molecular weight excluding hydrogens is 496 g/mol. The van der Waals surface area contributed by atoms with E-state index in [0.29, 0.717) is 23.2 Å². The Morgan fingerprint density at radius 1 is 1.03 bits per heavy atom. The molecule has 0 spiro atoms. The van der Waals surface area contributed by atoms with Crippen molar-refractivity contribution in [3.05, 3.63) is 82.1 Å². The molecular formula is C30H35ClN6O. The average Bonchev–Trinajstić information content (AvgIpc) is 2.96. The van der Waals surface area contributed by atoms with E-state index in [1.54, 1.807) is 6.07 Å². The number of nitrogens with zero attached hydrogens (tertiary/aromatic N) is 5. The van der Waals surface area contributed by atoms with Gasteiger partial charge in [0, 0.05) is 48.9 Å². The Kier molecular flexibility index (Phi) is 8.13. The number of rotatable bonds is 7. The van der Waals surface area contributed by atoms with E-state index in [2.05, 4.69) is 52.2 Å². The van der Waals surface area contributed by atoms with Crippen LogP contribution in [0.2, 0.25) is 5.02 Å². The molecule has 2 saturated heterocycles. The van der Waals surface area contributed by atoms with Crippen LogP contribution < -0.4 is 15.0 Å². The van der Waals surface area contributed by atoms with Crippen molar-refractivity contribution in [1.29, 1.82) is 5.26 Å². The molecule has 2 aliphatic rings. The smallest absolute Gasteiger partial charge is 0.225 e. The van der Waals surface area contributed by atoms with Crippen molar-refractivity contribution in [2.24, 2.45) is 0 Å². The third-order valence-corrected chi connectivity index (χ3v) is 8.05. The van der Waals surface area contributed by atoms with Crippen LogP contribution in [0.5, 0.6) is 5.75 Å². The molecule has 198 valence electrons. The van der Waals surface area contributed by atoms with E-state index in [1.165, 1.54) is 12.8 Å². The van der Waals surface area contributed by atoms with E-state index in [1.807, 2.05) is 36.5 Å². The summed E-state index contributed by atoms with van der Waals surface area (Å²) in [6, 6.07) is 18.4. The molecule has 0 radical (unpaired) electrons. The molecule has 2 aliphatic heterocycles. The molecule has 8 heteroatoms. The topological polar surface area (TPSA) is 77.3 Å². The maximum absolute atomic E-state index is 9.32. The lowest BCUT2D eigenvalue weighted by Crippen LogP contribution is -2.53. The van der Waals surface area contributed by atoms with Gasteiger partial charge >= 0.3 is 0 Å². The van der Waals surface area contributed by atoms with Crippen LogP contribution in [0.4, 0.5) is 5.95 Å². The van der Waals surface area contributed by atoms with Crippen LogP contribution in [0.1, 0.15) is 49.1 Å². The zero-order valence-corrected chi connectivity index (χ0v) is 22.9. The first-order chi connectivity index (χ1) is 18.4. The summed E-state index contributed by atoms with van der Waals surface area (Å²) in [5, 5.41) is 13.3. The molecule has 1 aromatic heterocycles. The highest BCUT2D eigenvalue weighted by atomic mass is 35.5. The minimum absolute atomic E-state index is 0.311.